The lowest BCUT2D eigenvalue weighted by molar-refractivity contribution is -0.116. The maximum Gasteiger partial charge on any atom is 0.277 e. The first kappa shape index (κ1) is 21.3. The Kier molecular flexibility index (Phi) is 6.32. The quantitative estimate of drug-likeness (QED) is 0.451. The van der Waals surface area contributed by atoms with E-state index < -0.39 is 0 Å². The minimum atomic E-state index is -0.325. The van der Waals surface area contributed by atoms with Crippen molar-refractivity contribution in [3.05, 3.63) is 82.1 Å². The Morgan fingerprint density at radius 3 is 2.59 bits per heavy atom. The summed E-state index contributed by atoms with van der Waals surface area (Å²) < 4.78 is 12.2. The van der Waals surface area contributed by atoms with E-state index in [0.717, 1.165) is 0 Å². The van der Waals surface area contributed by atoms with Crippen LogP contribution >= 0.6 is 11.6 Å². The number of halogens is 1. The number of methoxy groups -OCH3 is 1. The fourth-order valence-electron chi connectivity index (χ4n) is 3.05. The largest absolute Gasteiger partial charge is 0.497 e. The average molecular weight is 451 g/mol. The molecular weight excluding hydrogens is 432 g/mol. The Bertz CT molecular complexity index is 1320. The molecule has 0 radical (unpaired) electrons. The van der Waals surface area contributed by atoms with Crippen LogP contribution in [-0.2, 0) is 11.3 Å². The number of nitrogens with zero attached hydrogens (tertiary/aromatic N) is 3. The lowest BCUT2D eigenvalue weighted by atomic mass is 10.2. The first-order chi connectivity index (χ1) is 15.5. The molecule has 9 heteroatoms. The van der Waals surface area contributed by atoms with Crippen LogP contribution in [0.2, 0.25) is 5.02 Å². The van der Waals surface area contributed by atoms with Crippen LogP contribution in [0, 0.1) is 0 Å². The molecule has 0 saturated heterocycles. The molecule has 0 aliphatic heterocycles. The summed E-state index contributed by atoms with van der Waals surface area (Å²) in [5.74, 6) is 1.37. The van der Waals surface area contributed by atoms with Crippen molar-refractivity contribution in [3.8, 4) is 17.2 Å². The standard InChI is InChI=1S/C23H19ClN4O4/c1-31-16-7-9-17(10-8-16)32-21-11-6-15(24)14-20(21)25-22(29)12-13-28-23(30)18-4-2-3-5-19(18)26-27-28/h2-11,14H,12-13H2,1H3,(H,25,29). The minimum Gasteiger partial charge on any atom is -0.497 e. The number of benzene rings is 3. The molecule has 4 rings (SSSR count). The molecule has 3 aromatic carbocycles. The van der Waals surface area contributed by atoms with E-state index in [1.807, 2.05) is 0 Å². The van der Waals surface area contributed by atoms with Gasteiger partial charge in [-0.3, -0.25) is 9.59 Å². The third kappa shape index (κ3) is 4.87. The zero-order valence-corrected chi connectivity index (χ0v) is 17.9. The predicted octanol–water partition coefficient (Wildman–Crippen LogP) is 4.27. The Morgan fingerprint density at radius 1 is 1.06 bits per heavy atom. The summed E-state index contributed by atoms with van der Waals surface area (Å²) in [5, 5.41) is 11.6. The second-order valence-corrected chi connectivity index (χ2v) is 7.29. The molecule has 1 amide bonds. The SMILES string of the molecule is COc1ccc(Oc2ccc(Cl)cc2NC(=O)CCn2nnc3ccccc3c2=O)cc1. The molecule has 1 N–H and O–H groups in total. The van der Waals surface area contributed by atoms with Crippen LogP contribution in [0.15, 0.2) is 71.5 Å². The van der Waals surface area contributed by atoms with Gasteiger partial charge in [0.05, 0.1) is 24.7 Å². The number of aryl methyl sites for hydroxylation is 1. The van der Waals surface area contributed by atoms with E-state index in [9.17, 15) is 9.59 Å². The van der Waals surface area contributed by atoms with Crippen LogP contribution in [-0.4, -0.2) is 28.0 Å². The molecule has 0 fully saturated rings. The predicted molar refractivity (Wildman–Crippen MR) is 122 cm³/mol. The fraction of sp³-hybridized carbons (Fsp3) is 0.130. The molecule has 4 aromatic rings. The van der Waals surface area contributed by atoms with Gasteiger partial charge in [-0.25, -0.2) is 4.68 Å². The lowest BCUT2D eigenvalue weighted by Crippen LogP contribution is -2.26. The highest BCUT2D eigenvalue weighted by Crippen LogP contribution is 2.32. The normalized spacial score (nSPS) is 10.7. The van der Waals surface area contributed by atoms with Crippen molar-refractivity contribution < 1.29 is 14.3 Å². The summed E-state index contributed by atoms with van der Waals surface area (Å²) in [6.45, 7) is 0.0811. The van der Waals surface area contributed by atoms with Crippen molar-refractivity contribution in [2.75, 3.05) is 12.4 Å². The summed E-state index contributed by atoms with van der Waals surface area (Å²) >= 11 is 6.10. The first-order valence-electron chi connectivity index (χ1n) is 9.77. The van der Waals surface area contributed by atoms with E-state index in [1.165, 1.54) is 4.68 Å². The molecule has 1 heterocycles. The lowest BCUT2D eigenvalue weighted by Gasteiger charge is -2.13. The van der Waals surface area contributed by atoms with E-state index in [1.54, 1.807) is 73.8 Å². The average Bonchev–Trinajstić information content (AvgIpc) is 2.81. The van der Waals surface area contributed by atoms with Gasteiger partial charge in [0.1, 0.15) is 17.0 Å². The van der Waals surface area contributed by atoms with Gasteiger partial charge in [-0.2, -0.15) is 0 Å². The minimum absolute atomic E-state index is 0.0153. The number of aromatic nitrogens is 3. The Balaban J connectivity index is 1.46. The molecule has 8 nitrogen and oxygen atoms in total. The summed E-state index contributed by atoms with van der Waals surface area (Å²) in [4.78, 5) is 25.1. The van der Waals surface area contributed by atoms with Crippen molar-refractivity contribution in [1.29, 1.82) is 0 Å². The number of nitrogens with one attached hydrogen (secondary N) is 1. The number of ether oxygens (including phenoxy) is 2. The van der Waals surface area contributed by atoms with Gasteiger partial charge in [-0.1, -0.05) is 28.9 Å². The number of hydrogen-bond donors (Lipinski definition) is 1. The van der Waals surface area contributed by atoms with Crippen molar-refractivity contribution in [2.45, 2.75) is 13.0 Å². The third-order valence-electron chi connectivity index (χ3n) is 4.68. The maximum atomic E-state index is 12.6. The number of anilines is 1. The molecule has 1 aromatic heterocycles. The highest BCUT2D eigenvalue weighted by atomic mass is 35.5. The van der Waals surface area contributed by atoms with Crippen LogP contribution in [0.25, 0.3) is 10.9 Å². The van der Waals surface area contributed by atoms with Gasteiger partial charge in [0.25, 0.3) is 5.56 Å². The van der Waals surface area contributed by atoms with Crippen molar-refractivity contribution in [1.82, 2.24) is 15.0 Å². The Labute approximate surface area is 188 Å². The highest BCUT2D eigenvalue weighted by molar-refractivity contribution is 6.31. The van der Waals surface area contributed by atoms with Crippen molar-refractivity contribution >= 4 is 34.1 Å². The van der Waals surface area contributed by atoms with E-state index in [2.05, 4.69) is 15.6 Å². The van der Waals surface area contributed by atoms with E-state index >= 15 is 0 Å². The topological polar surface area (TPSA) is 95.3 Å². The van der Waals surface area contributed by atoms with Crippen LogP contribution < -0.4 is 20.3 Å². The van der Waals surface area contributed by atoms with Gasteiger partial charge in [0.2, 0.25) is 5.91 Å². The molecule has 0 spiro atoms. The number of carbonyl (C=O) groups excluding carboxylic acids is 1. The second kappa shape index (κ2) is 9.49. The number of amides is 1. The van der Waals surface area contributed by atoms with Crippen LogP contribution in [0.4, 0.5) is 5.69 Å². The summed E-state index contributed by atoms with van der Waals surface area (Å²) in [6.07, 6.45) is 0.0153. The highest BCUT2D eigenvalue weighted by Gasteiger charge is 2.12. The van der Waals surface area contributed by atoms with Gasteiger partial charge < -0.3 is 14.8 Å². The number of rotatable bonds is 7. The fourth-order valence-corrected chi connectivity index (χ4v) is 3.22. The molecule has 0 atom stereocenters. The maximum absolute atomic E-state index is 12.6. The molecule has 32 heavy (non-hydrogen) atoms. The summed E-state index contributed by atoms with van der Waals surface area (Å²) in [6, 6.07) is 18.9. The van der Waals surface area contributed by atoms with Crippen LogP contribution in [0.1, 0.15) is 6.42 Å². The number of hydrogen-bond acceptors (Lipinski definition) is 6. The molecular formula is C23H19ClN4O4. The van der Waals surface area contributed by atoms with Crippen molar-refractivity contribution in [2.24, 2.45) is 0 Å². The van der Waals surface area contributed by atoms with E-state index in [0.29, 0.717) is 38.9 Å². The third-order valence-corrected chi connectivity index (χ3v) is 4.92. The smallest absolute Gasteiger partial charge is 0.277 e. The first-order valence-corrected chi connectivity index (χ1v) is 10.1. The van der Waals surface area contributed by atoms with E-state index in [4.69, 9.17) is 21.1 Å². The molecule has 0 aliphatic rings. The molecule has 162 valence electrons. The second-order valence-electron chi connectivity index (χ2n) is 6.85. The zero-order chi connectivity index (χ0) is 22.5. The van der Waals surface area contributed by atoms with E-state index in [-0.39, 0.29) is 24.4 Å². The van der Waals surface area contributed by atoms with Gasteiger partial charge in [0, 0.05) is 11.4 Å². The molecule has 0 aliphatic carbocycles. The van der Waals surface area contributed by atoms with Gasteiger partial charge in [-0.15, -0.1) is 5.10 Å². The molecule has 0 bridgehead atoms. The Morgan fingerprint density at radius 2 is 1.81 bits per heavy atom. The molecule has 0 saturated carbocycles. The Hall–Kier alpha value is -3.91. The van der Waals surface area contributed by atoms with Crippen LogP contribution in [0.5, 0.6) is 17.2 Å². The van der Waals surface area contributed by atoms with Crippen molar-refractivity contribution in [3.63, 3.8) is 0 Å². The number of fused-ring (bicyclic) bond motifs is 1. The van der Waals surface area contributed by atoms with Gasteiger partial charge >= 0.3 is 0 Å². The monoisotopic (exact) mass is 450 g/mol. The van der Waals surface area contributed by atoms with Gasteiger partial charge in [0.15, 0.2) is 5.75 Å². The summed E-state index contributed by atoms with van der Waals surface area (Å²) in [7, 11) is 1.58. The van der Waals surface area contributed by atoms with Crippen LogP contribution in [0.3, 0.4) is 0 Å². The summed E-state index contributed by atoms with van der Waals surface area (Å²) in [5.41, 5.74) is 0.627. The van der Waals surface area contributed by atoms with Gasteiger partial charge in [-0.05, 0) is 54.6 Å². The number of carbonyl (C=O) groups is 1. The zero-order valence-electron chi connectivity index (χ0n) is 17.1. The molecule has 0 unspecified atom stereocenters.